The summed E-state index contributed by atoms with van der Waals surface area (Å²) in [5.74, 6) is 0.899. The molecule has 0 spiro atoms. The summed E-state index contributed by atoms with van der Waals surface area (Å²) in [6.07, 6.45) is 0. The predicted molar refractivity (Wildman–Crippen MR) is 67.3 cm³/mol. The molecule has 0 bridgehead atoms. The number of rotatable bonds is 3. The molecule has 18 heavy (non-hydrogen) atoms. The number of hydrogen-bond acceptors (Lipinski definition) is 3. The number of ether oxygens (including phenoxy) is 2. The van der Waals surface area contributed by atoms with Crippen LogP contribution in [0.2, 0.25) is 0 Å². The normalized spacial score (nSPS) is 17.6. The van der Waals surface area contributed by atoms with Crippen molar-refractivity contribution in [1.29, 1.82) is 0 Å². The van der Waals surface area contributed by atoms with Crippen LogP contribution in [0.25, 0.3) is 5.57 Å². The third-order valence-electron chi connectivity index (χ3n) is 3.36. The molecule has 0 aliphatic carbocycles. The molecule has 1 amide bonds. The summed E-state index contributed by atoms with van der Waals surface area (Å²) < 4.78 is 10.7. The second kappa shape index (κ2) is 4.46. The zero-order chi connectivity index (χ0) is 12.5. The van der Waals surface area contributed by atoms with Crippen molar-refractivity contribution in [2.24, 2.45) is 0 Å². The van der Waals surface area contributed by atoms with Crippen molar-refractivity contribution >= 4 is 11.5 Å². The van der Waals surface area contributed by atoms with Crippen LogP contribution in [0.4, 0.5) is 0 Å². The Balaban J connectivity index is 1.91. The van der Waals surface area contributed by atoms with Gasteiger partial charge in [0.25, 0.3) is 5.91 Å². The quantitative estimate of drug-likeness (QED) is 0.806. The van der Waals surface area contributed by atoms with Crippen molar-refractivity contribution in [2.75, 3.05) is 33.4 Å². The molecule has 0 unspecified atom stereocenters. The fourth-order valence-corrected chi connectivity index (χ4v) is 2.46. The van der Waals surface area contributed by atoms with Crippen molar-refractivity contribution in [3.8, 4) is 5.75 Å². The first-order chi connectivity index (χ1) is 8.81. The summed E-state index contributed by atoms with van der Waals surface area (Å²) in [4.78, 5) is 14.2. The van der Waals surface area contributed by atoms with E-state index in [1.54, 1.807) is 7.11 Å². The van der Waals surface area contributed by atoms with Crippen LogP contribution in [0.3, 0.4) is 0 Å². The first-order valence-corrected chi connectivity index (χ1v) is 6.03. The smallest absolute Gasteiger partial charge is 0.255 e. The van der Waals surface area contributed by atoms with Gasteiger partial charge < -0.3 is 14.4 Å². The molecule has 1 aromatic carbocycles. The first-order valence-electron chi connectivity index (χ1n) is 6.03. The number of carbonyl (C=O) groups excluding carboxylic acids is 1. The maximum atomic E-state index is 12.4. The van der Waals surface area contributed by atoms with Crippen molar-refractivity contribution in [1.82, 2.24) is 4.90 Å². The van der Waals surface area contributed by atoms with Gasteiger partial charge in [0, 0.05) is 25.8 Å². The van der Waals surface area contributed by atoms with E-state index < -0.39 is 0 Å². The zero-order valence-electron chi connectivity index (χ0n) is 10.3. The van der Waals surface area contributed by atoms with E-state index in [1.165, 1.54) is 0 Å². The van der Waals surface area contributed by atoms with Crippen LogP contribution in [0.15, 0.2) is 29.8 Å². The second-order valence-corrected chi connectivity index (χ2v) is 4.48. The molecule has 1 aromatic rings. The number of para-hydroxylation sites is 1. The Bertz CT molecular complexity index is 522. The molecule has 0 fully saturated rings. The lowest BCUT2D eigenvalue weighted by Crippen LogP contribution is -2.30. The Labute approximate surface area is 106 Å². The average Bonchev–Trinajstić information content (AvgIpc) is 2.73. The highest BCUT2D eigenvalue weighted by atomic mass is 16.5. The summed E-state index contributed by atoms with van der Waals surface area (Å²) in [5.41, 5.74) is 2.83. The minimum atomic E-state index is 0.0952. The van der Waals surface area contributed by atoms with Crippen molar-refractivity contribution in [2.45, 2.75) is 0 Å². The van der Waals surface area contributed by atoms with E-state index >= 15 is 0 Å². The maximum Gasteiger partial charge on any atom is 0.255 e. The van der Waals surface area contributed by atoms with Gasteiger partial charge in [-0.3, -0.25) is 4.79 Å². The van der Waals surface area contributed by atoms with E-state index in [0.717, 1.165) is 22.5 Å². The van der Waals surface area contributed by atoms with Crippen LogP contribution >= 0.6 is 0 Å². The van der Waals surface area contributed by atoms with E-state index in [4.69, 9.17) is 9.47 Å². The Morgan fingerprint density at radius 3 is 3.06 bits per heavy atom. The third-order valence-corrected chi connectivity index (χ3v) is 3.36. The lowest BCUT2D eigenvalue weighted by molar-refractivity contribution is -0.124. The van der Waals surface area contributed by atoms with Gasteiger partial charge in [0.05, 0.1) is 12.2 Å². The lowest BCUT2D eigenvalue weighted by Gasteiger charge is -2.17. The summed E-state index contributed by atoms with van der Waals surface area (Å²) in [6.45, 7) is 2.37. The highest BCUT2D eigenvalue weighted by molar-refractivity contribution is 6.23. The number of fused-ring (bicyclic) bond motifs is 2. The molecule has 0 saturated carbocycles. The van der Waals surface area contributed by atoms with Crippen LogP contribution in [0.1, 0.15) is 5.56 Å². The van der Waals surface area contributed by atoms with E-state index in [2.05, 4.69) is 0 Å². The molecule has 94 valence electrons. The monoisotopic (exact) mass is 245 g/mol. The van der Waals surface area contributed by atoms with E-state index in [-0.39, 0.29) is 5.91 Å². The number of carbonyl (C=O) groups is 1. The minimum Gasteiger partial charge on any atom is -0.488 e. The molecule has 3 rings (SSSR count). The van der Waals surface area contributed by atoms with Gasteiger partial charge in [0.2, 0.25) is 0 Å². The third kappa shape index (κ3) is 1.69. The SMILES string of the molecule is COCCN1CC2=C(C1=O)c1ccccc1OC2. The van der Waals surface area contributed by atoms with Crippen LogP contribution < -0.4 is 4.74 Å². The molecule has 0 saturated heterocycles. The fourth-order valence-electron chi connectivity index (χ4n) is 2.46. The Morgan fingerprint density at radius 2 is 2.22 bits per heavy atom. The number of nitrogens with zero attached hydrogens (tertiary/aromatic N) is 1. The highest BCUT2D eigenvalue weighted by Gasteiger charge is 2.34. The Morgan fingerprint density at radius 1 is 1.39 bits per heavy atom. The molecule has 0 radical (unpaired) electrons. The summed E-state index contributed by atoms with van der Waals surface area (Å²) in [7, 11) is 1.65. The zero-order valence-corrected chi connectivity index (χ0v) is 10.3. The van der Waals surface area contributed by atoms with E-state index in [1.807, 2.05) is 29.2 Å². The van der Waals surface area contributed by atoms with Gasteiger partial charge in [0.15, 0.2) is 0 Å². The number of methoxy groups -OCH3 is 1. The fraction of sp³-hybridized carbons (Fsp3) is 0.357. The molecule has 4 nitrogen and oxygen atoms in total. The molecular formula is C14H15NO3. The summed E-state index contributed by atoms with van der Waals surface area (Å²) in [5, 5.41) is 0. The van der Waals surface area contributed by atoms with Crippen LogP contribution in [0.5, 0.6) is 5.75 Å². The standard InChI is InChI=1S/C14H15NO3/c1-17-7-6-15-8-10-9-18-12-5-3-2-4-11(12)13(10)14(15)16/h2-5H,6-9H2,1H3. The van der Waals surface area contributed by atoms with Crippen LogP contribution in [0, 0.1) is 0 Å². The maximum absolute atomic E-state index is 12.4. The minimum absolute atomic E-state index is 0.0952. The van der Waals surface area contributed by atoms with Gasteiger partial charge in [-0.1, -0.05) is 18.2 Å². The number of benzene rings is 1. The number of hydrogen-bond donors (Lipinski definition) is 0. The lowest BCUT2D eigenvalue weighted by atomic mass is 9.99. The van der Waals surface area contributed by atoms with Gasteiger partial charge in [0.1, 0.15) is 12.4 Å². The molecule has 4 heteroatoms. The predicted octanol–water partition coefficient (Wildman–Crippen LogP) is 1.32. The first kappa shape index (κ1) is 11.3. The van der Waals surface area contributed by atoms with Crippen LogP contribution in [-0.4, -0.2) is 44.2 Å². The number of amides is 1. The van der Waals surface area contributed by atoms with Gasteiger partial charge in [-0.15, -0.1) is 0 Å². The van der Waals surface area contributed by atoms with Gasteiger partial charge >= 0.3 is 0 Å². The molecule has 0 N–H and O–H groups in total. The molecule has 2 heterocycles. The average molecular weight is 245 g/mol. The van der Waals surface area contributed by atoms with Crippen LogP contribution in [-0.2, 0) is 9.53 Å². The topological polar surface area (TPSA) is 38.8 Å². The summed E-state index contributed by atoms with van der Waals surface area (Å²) in [6, 6.07) is 7.71. The largest absolute Gasteiger partial charge is 0.488 e. The van der Waals surface area contributed by atoms with Gasteiger partial charge in [-0.05, 0) is 11.6 Å². The summed E-state index contributed by atoms with van der Waals surface area (Å²) >= 11 is 0. The van der Waals surface area contributed by atoms with Gasteiger partial charge in [-0.2, -0.15) is 0 Å². The van der Waals surface area contributed by atoms with Crippen molar-refractivity contribution in [3.05, 3.63) is 35.4 Å². The molecule has 0 atom stereocenters. The molecule has 0 aromatic heterocycles. The highest BCUT2D eigenvalue weighted by Crippen LogP contribution is 2.37. The molecular weight excluding hydrogens is 230 g/mol. The van der Waals surface area contributed by atoms with E-state index in [0.29, 0.717) is 26.3 Å². The molecule has 2 aliphatic rings. The van der Waals surface area contributed by atoms with Crippen molar-refractivity contribution < 1.29 is 14.3 Å². The van der Waals surface area contributed by atoms with E-state index in [9.17, 15) is 4.79 Å². The molecule has 2 aliphatic heterocycles. The van der Waals surface area contributed by atoms with Crippen molar-refractivity contribution in [3.63, 3.8) is 0 Å². The Hall–Kier alpha value is -1.81. The second-order valence-electron chi connectivity index (χ2n) is 4.48. The van der Waals surface area contributed by atoms with Gasteiger partial charge in [-0.25, -0.2) is 0 Å². The Kier molecular flexibility index (Phi) is 2.80.